The van der Waals surface area contributed by atoms with E-state index in [2.05, 4.69) is 71.2 Å². The van der Waals surface area contributed by atoms with Crippen LogP contribution in [0.2, 0.25) is 0 Å². The Bertz CT molecular complexity index is 742. The molecule has 0 amide bonds. The molecule has 94 valence electrons. The largest absolute Gasteiger partial charge is 0.256 e. The van der Waals surface area contributed by atoms with E-state index >= 15 is 0 Å². The first-order valence-corrected chi connectivity index (χ1v) is 7.06. The Morgan fingerprint density at radius 1 is 0.895 bits per heavy atom. The molecular formula is C17H14BrN. The summed E-state index contributed by atoms with van der Waals surface area (Å²) in [5, 5.41) is 2.40. The number of nitrogens with zero attached hydrogens (tertiary/aromatic N) is 1. The zero-order chi connectivity index (χ0) is 13.4. The van der Waals surface area contributed by atoms with Crippen molar-refractivity contribution in [2.24, 2.45) is 0 Å². The summed E-state index contributed by atoms with van der Waals surface area (Å²) in [6, 6.07) is 14.9. The number of aromatic nitrogens is 1. The van der Waals surface area contributed by atoms with Crippen molar-refractivity contribution in [2.75, 3.05) is 0 Å². The minimum absolute atomic E-state index is 1.05. The van der Waals surface area contributed by atoms with Crippen molar-refractivity contribution in [1.82, 2.24) is 4.98 Å². The second-order valence-corrected chi connectivity index (χ2v) is 5.82. The second-order valence-electron chi connectivity index (χ2n) is 4.90. The summed E-state index contributed by atoms with van der Waals surface area (Å²) in [5.74, 6) is 0. The molecule has 1 aromatic heterocycles. The minimum Gasteiger partial charge on any atom is -0.256 e. The van der Waals surface area contributed by atoms with Crippen LogP contribution in [0.25, 0.3) is 22.0 Å². The number of fused-ring (bicyclic) bond motifs is 1. The van der Waals surface area contributed by atoms with Crippen LogP contribution < -0.4 is 0 Å². The van der Waals surface area contributed by atoms with Crippen molar-refractivity contribution < 1.29 is 0 Å². The molecule has 0 atom stereocenters. The molecule has 2 heteroatoms. The monoisotopic (exact) mass is 311 g/mol. The van der Waals surface area contributed by atoms with E-state index < -0.39 is 0 Å². The Morgan fingerprint density at radius 3 is 2.37 bits per heavy atom. The maximum Gasteiger partial charge on any atom is 0.0780 e. The molecule has 0 fully saturated rings. The molecule has 0 aliphatic rings. The fraction of sp³-hybridized carbons (Fsp3) is 0.118. The zero-order valence-electron chi connectivity index (χ0n) is 10.9. The minimum atomic E-state index is 1.05. The summed E-state index contributed by atoms with van der Waals surface area (Å²) in [4.78, 5) is 4.58. The van der Waals surface area contributed by atoms with Gasteiger partial charge in [0.15, 0.2) is 0 Å². The third kappa shape index (κ3) is 2.41. The fourth-order valence-electron chi connectivity index (χ4n) is 2.48. The van der Waals surface area contributed by atoms with Crippen molar-refractivity contribution in [3.63, 3.8) is 0 Å². The van der Waals surface area contributed by atoms with Gasteiger partial charge in [0.05, 0.1) is 5.69 Å². The molecule has 0 aliphatic heterocycles. The van der Waals surface area contributed by atoms with E-state index in [4.69, 9.17) is 0 Å². The molecule has 0 spiro atoms. The van der Waals surface area contributed by atoms with Crippen molar-refractivity contribution in [1.29, 1.82) is 0 Å². The van der Waals surface area contributed by atoms with Crippen LogP contribution in [0, 0.1) is 13.8 Å². The first kappa shape index (κ1) is 12.4. The maximum absolute atomic E-state index is 4.58. The lowest BCUT2D eigenvalue weighted by Crippen LogP contribution is -1.88. The number of rotatable bonds is 1. The molecule has 1 heterocycles. The highest BCUT2D eigenvalue weighted by atomic mass is 79.9. The summed E-state index contributed by atoms with van der Waals surface area (Å²) < 4.78 is 1.08. The van der Waals surface area contributed by atoms with E-state index in [-0.39, 0.29) is 0 Å². The molecule has 0 N–H and O–H groups in total. The van der Waals surface area contributed by atoms with Gasteiger partial charge in [0.25, 0.3) is 0 Å². The van der Waals surface area contributed by atoms with Crippen LogP contribution >= 0.6 is 15.9 Å². The van der Waals surface area contributed by atoms with E-state index in [1.54, 1.807) is 0 Å². The summed E-state index contributed by atoms with van der Waals surface area (Å²) in [7, 11) is 0. The Hall–Kier alpha value is -1.67. The third-order valence-electron chi connectivity index (χ3n) is 3.22. The molecule has 0 saturated heterocycles. The number of halogens is 1. The number of pyridine rings is 1. The highest BCUT2D eigenvalue weighted by Crippen LogP contribution is 2.29. The molecule has 0 radical (unpaired) electrons. The normalized spacial score (nSPS) is 10.9. The number of hydrogen-bond acceptors (Lipinski definition) is 1. The predicted molar refractivity (Wildman–Crippen MR) is 84.4 cm³/mol. The average Bonchev–Trinajstić information content (AvgIpc) is 2.36. The van der Waals surface area contributed by atoms with Crippen LogP contribution in [0.15, 0.2) is 53.1 Å². The number of aryl methyl sites for hydroxylation is 2. The van der Waals surface area contributed by atoms with Gasteiger partial charge in [0, 0.05) is 21.6 Å². The molecule has 0 aliphatic carbocycles. The van der Waals surface area contributed by atoms with Gasteiger partial charge in [-0.05, 0) is 49.6 Å². The molecule has 3 aromatic rings. The summed E-state index contributed by atoms with van der Waals surface area (Å²) >= 11 is 3.54. The molecular weight excluding hydrogens is 298 g/mol. The van der Waals surface area contributed by atoms with Gasteiger partial charge >= 0.3 is 0 Å². The zero-order valence-corrected chi connectivity index (χ0v) is 12.5. The van der Waals surface area contributed by atoms with Gasteiger partial charge in [0.1, 0.15) is 0 Å². The molecule has 2 aromatic carbocycles. The Labute approximate surface area is 121 Å². The SMILES string of the molecule is Cc1cc(C)cc(-c2nccc3ccc(Br)cc23)c1. The molecule has 1 nitrogen and oxygen atoms in total. The van der Waals surface area contributed by atoms with Crippen LogP contribution in [0.5, 0.6) is 0 Å². The van der Waals surface area contributed by atoms with E-state index in [0.717, 1.165) is 10.2 Å². The van der Waals surface area contributed by atoms with Gasteiger partial charge in [0.2, 0.25) is 0 Å². The molecule has 19 heavy (non-hydrogen) atoms. The van der Waals surface area contributed by atoms with Crippen LogP contribution in [-0.4, -0.2) is 4.98 Å². The van der Waals surface area contributed by atoms with Gasteiger partial charge in [-0.3, -0.25) is 4.98 Å². The van der Waals surface area contributed by atoms with Gasteiger partial charge in [-0.1, -0.05) is 39.2 Å². The van der Waals surface area contributed by atoms with Gasteiger partial charge in [-0.25, -0.2) is 0 Å². The Balaban J connectivity index is 2.32. The molecule has 0 saturated carbocycles. The first-order valence-electron chi connectivity index (χ1n) is 6.26. The van der Waals surface area contributed by atoms with Gasteiger partial charge < -0.3 is 0 Å². The van der Waals surface area contributed by atoms with Crippen molar-refractivity contribution in [2.45, 2.75) is 13.8 Å². The molecule has 0 unspecified atom stereocenters. The lowest BCUT2D eigenvalue weighted by molar-refractivity contribution is 1.32. The molecule has 0 bridgehead atoms. The van der Waals surface area contributed by atoms with Gasteiger partial charge in [-0.15, -0.1) is 0 Å². The highest BCUT2D eigenvalue weighted by Gasteiger charge is 2.06. The standard InChI is InChI=1S/C17H14BrN/c1-11-7-12(2)9-14(8-11)17-16-10-15(18)4-3-13(16)5-6-19-17/h3-10H,1-2H3. The van der Waals surface area contributed by atoms with Crippen LogP contribution in [0.4, 0.5) is 0 Å². The highest BCUT2D eigenvalue weighted by molar-refractivity contribution is 9.10. The fourth-order valence-corrected chi connectivity index (χ4v) is 2.84. The quantitative estimate of drug-likeness (QED) is 0.595. The van der Waals surface area contributed by atoms with Crippen molar-refractivity contribution in [3.05, 3.63) is 64.3 Å². The summed E-state index contributed by atoms with van der Waals surface area (Å²) in [6.45, 7) is 4.25. The smallest absolute Gasteiger partial charge is 0.0780 e. The topological polar surface area (TPSA) is 12.9 Å². The summed E-state index contributed by atoms with van der Waals surface area (Å²) in [6.07, 6.45) is 1.88. The first-order chi connectivity index (χ1) is 9.13. The lowest BCUT2D eigenvalue weighted by Gasteiger charge is -2.08. The third-order valence-corrected chi connectivity index (χ3v) is 3.72. The van der Waals surface area contributed by atoms with Gasteiger partial charge in [-0.2, -0.15) is 0 Å². The van der Waals surface area contributed by atoms with E-state index in [1.807, 2.05) is 12.3 Å². The van der Waals surface area contributed by atoms with Crippen LogP contribution in [-0.2, 0) is 0 Å². The predicted octanol–water partition coefficient (Wildman–Crippen LogP) is 5.28. The van der Waals surface area contributed by atoms with E-state index in [1.165, 1.54) is 27.5 Å². The van der Waals surface area contributed by atoms with Crippen molar-refractivity contribution in [3.8, 4) is 11.3 Å². The number of benzene rings is 2. The maximum atomic E-state index is 4.58. The Morgan fingerprint density at radius 2 is 1.63 bits per heavy atom. The average molecular weight is 312 g/mol. The summed E-state index contributed by atoms with van der Waals surface area (Å²) in [5.41, 5.74) is 4.76. The molecule has 3 rings (SSSR count). The lowest BCUT2D eigenvalue weighted by atomic mass is 10.0. The second kappa shape index (κ2) is 4.78. The number of hydrogen-bond donors (Lipinski definition) is 0. The van der Waals surface area contributed by atoms with Crippen molar-refractivity contribution >= 4 is 26.7 Å². The van der Waals surface area contributed by atoms with Crippen LogP contribution in [0.3, 0.4) is 0 Å². The Kier molecular flexibility index (Phi) is 3.11. The van der Waals surface area contributed by atoms with E-state index in [9.17, 15) is 0 Å². The van der Waals surface area contributed by atoms with E-state index in [0.29, 0.717) is 0 Å². The van der Waals surface area contributed by atoms with Crippen LogP contribution in [0.1, 0.15) is 11.1 Å².